The van der Waals surface area contributed by atoms with E-state index in [9.17, 15) is 4.79 Å². The predicted molar refractivity (Wildman–Crippen MR) is 44.9 cm³/mol. The lowest BCUT2D eigenvalue weighted by Gasteiger charge is -1.84. The van der Waals surface area contributed by atoms with Gasteiger partial charge in [-0.2, -0.15) is 0 Å². The van der Waals surface area contributed by atoms with Crippen LogP contribution in [0.4, 0.5) is 0 Å². The van der Waals surface area contributed by atoms with E-state index in [2.05, 4.69) is 17.6 Å². The fourth-order valence-electron chi connectivity index (χ4n) is 0.730. The average Bonchev–Trinajstić information content (AvgIpc) is 2.10. The molecule has 54 valence electrons. The van der Waals surface area contributed by atoms with E-state index in [0.717, 1.165) is 10.7 Å². The van der Waals surface area contributed by atoms with Crippen molar-refractivity contribution in [3.05, 3.63) is 15.6 Å². The van der Waals surface area contributed by atoms with Gasteiger partial charge in [0.15, 0.2) is 0 Å². The molecule has 0 saturated carbocycles. The normalized spacial score (nSPS) is 9.90. The minimum atomic E-state index is -0.192. The quantitative estimate of drug-likeness (QED) is 0.657. The van der Waals surface area contributed by atoms with Gasteiger partial charge >= 0.3 is 0 Å². The molecule has 0 amide bonds. The van der Waals surface area contributed by atoms with Crippen LogP contribution in [0.15, 0.2) is 0 Å². The summed E-state index contributed by atoms with van der Waals surface area (Å²) < 4.78 is 0. The van der Waals surface area contributed by atoms with E-state index in [1.807, 2.05) is 13.8 Å². The number of hydrogen-bond donors (Lipinski definition) is 1. The molecule has 0 saturated heterocycles. The molecule has 10 heavy (non-hydrogen) atoms. The van der Waals surface area contributed by atoms with Crippen molar-refractivity contribution in [2.45, 2.75) is 13.8 Å². The van der Waals surface area contributed by atoms with Gasteiger partial charge in [-0.1, -0.05) is 12.6 Å². The molecule has 1 aromatic rings. The fourth-order valence-corrected chi connectivity index (χ4v) is 1.79. The van der Waals surface area contributed by atoms with Crippen molar-refractivity contribution in [1.82, 2.24) is 4.98 Å². The van der Waals surface area contributed by atoms with Crippen molar-refractivity contribution in [2.24, 2.45) is 0 Å². The highest BCUT2D eigenvalue weighted by Crippen LogP contribution is 2.18. The summed E-state index contributed by atoms with van der Waals surface area (Å²) in [5.74, 6) is 0. The number of carbonyl (C=O) groups is 1. The molecular formula is C6H7NOS2. The van der Waals surface area contributed by atoms with Crippen LogP contribution >= 0.6 is 24.0 Å². The molecule has 0 N–H and O–H groups in total. The zero-order valence-electron chi connectivity index (χ0n) is 5.71. The highest BCUT2D eigenvalue weighted by Gasteiger charge is 2.08. The van der Waals surface area contributed by atoms with E-state index < -0.39 is 0 Å². The van der Waals surface area contributed by atoms with Gasteiger partial charge in [0.05, 0.1) is 10.7 Å². The number of thiol groups is 1. The third-order valence-electron chi connectivity index (χ3n) is 1.10. The second-order valence-electron chi connectivity index (χ2n) is 1.95. The van der Waals surface area contributed by atoms with Crippen LogP contribution in [-0.2, 0) is 0 Å². The average molecular weight is 173 g/mol. The molecule has 0 fully saturated rings. The van der Waals surface area contributed by atoms with Gasteiger partial charge in [0, 0.05) is 0 Å². The summed E-state index contributed by atoms with van der Waals surface area (Å²) >= 11 is 5.09. The molecule has 1 heterocycles. The Kier molecular flexibility index (Phi) is 2.11. The summed E-state index contributed by atoms with van der Waals surface area (Å²) in [6.45, 7) is 3.69. The Morgan fingerprint density at radius 3 is 2.40 bits per heavy atom. The van der Waals surface area contributed by atoms with E-state index in [0.29, 0.717) is 4.88 Å². The van der Waals surface area contributed by atoms with Gasteiger partial charge < -0.3 is 0 Å². The Hall–Kier alpha value is -0.350. The van der Waals surface area contributed by atoms with Gasteiger partial charge in [-0.05, 0) is 13.8 Å². The molecule has 0 radical (unpaired) electrons. The van der Waals surface area contributed by atoms with Crippen molar-refractivity contribution in [3.63, 3.8) is 0 Å². The molecule has 2 nitrogen and oxygen atoms in total. The van der Waals surface area contributed by atoms with Gasteiger partial charge in [-0.25, -0.2) is 4.98 Å². The van der Waals surface area contributed by atoms with Crippen molar-refractivity contribution in [2.75, 3.05) is 0 Å². The van der Waals surface area contributed by atoms with Gasteiger partial charge in [0.2, 0.25) is 5.12 Å². The third kappa shape index (κ3) is 1.38. The summed E-state index contributed by atoms with van der Waals surface area (Å²) in [6.07, 6.45) is 0. The summed E-state index contributed by atoms with van der Waals surface area (Å²) in [6, 6.07) is 0. The molecule has 4 heteroatoms. The highest BCUT2D eigenvalue weighted by atomic mass is 32.1. The van der Waals surface area contributed by atoms with E-state index in [1.165, 1.54) is 11.3 Å². The molecule has 0 aromatic carbocycles. The van der Waals surface area contributed by atoms with Crippen molar-refractivity contribution in [3.8, 4) is 0 Å². The first-order valence-corrected chi connectivity index (χ1v) is 4.05. The van der Waals surface area contributed by atoms with E-state index >= 15 is 0 Å². The summed E-state index contributed by atoms with van der Waals surface area (Å²) in [7, 11) is 0. The Labute approximate surface area is 68.7 Å². The minimum Gasteiger partial charge on any atom is -0.281 e. The van der Waals surface area contributed by atoms with E-state index in [4.69, 9.17) is 0 Å². The number of thiazole rings is 1. The van der Waals surface area contributed by atoms with Crippen LogP contribution in [0.25, 0.3) is 0 Å². The second-order valence-corrected chi connectivity index (χ2v) is 3.56. The number of rotatable bonds is 1. The largest absolute Gasteiger partial charge is 0.281 e. The number of hydrogen-bond acceptors (Lipinski definition) is 3. The van der Waals surface area contributed by atoms with Crippen LogP contribution in [0.3, 0.4) is 0 Å². The molecular weight excluding hydrogens is 166 g/mol. The monoisotopic (exact) mass is 173 g/mol. The lowest BCUT2D eigenvalue weighted by atomic mass is 10.4. The second kappa shape index (κ2) is 2.72. The van der Waals surface area contributed by atoms with Crippen LogP contribution in [0.5, 0.6) is 0 Å². The molecule has 1 aromatic heterocycles. The third-order valence-corrected chi connectivity index (χ3v) is 2.54. The van der Waals surface area contributed by atoms with Crippen LogP contribution in [0.2, 0.25) is 0 Å². The minimum absolute atomic E-state index is 0.192. The SMILES string of the molecule is Cc1nc(C)c(C(=O)S)s1. The molecule has 1 rings (SSSR count). The molecule has 0 bridgehead atoms. The maximum Gasteiger partial charge on any atom is 0.228 e. The maximum atomic E-state index is 10.7. The molecule has 0 unspecified atom stereocenters. The molecule has 0 aliphatic heterocycles. The maximum absolute atomic E-state index is 10.7. The highest BCUT2D eigenvalue weighted by molar-refractivity contribution is 7.97. The van der Waals surface area contributed by atoms with Gasteiger partial charge in [-0.15, -0.1) is 11.3 Å². The lowest BCUT2D eigenvalue weighted by Crippen LogP contribution is -1.86. The lowest BCUT2D eigenvalue weighted by molar-refractivity contribution is 0.109. The predicted octanol–water partition coefficient (Wildman–Crippen LogP) is 1.83. The first-order valence-electron chi connectivity index (χ1n) is 2.78. The van der Waals surface area contributed by atoms with Crippen LogP contribution in [0, 0.1) is 13.8 Å². The van der Waals surface area contributed by atoms with Gasteiger partial charge in [0.25, 0.3) is 0 Å². The number of nitrogens with zero attached hydrogens (tertiary/aromatic N) is 1. The zero-order valence-corrected chi connectivity index (χ0v) is 7.42. The molecule has 0 atom stereocenters. The van der Waals surface area contributed by atoms with Crippen LogP contribution in [-0.4, -0.2) is 10.1 Å². The topological polar surface area (TPSA) is 30.0 Å². The van der Waals surface area contributed by atoms with Crippen LogP contribution < -0.4 is 0 Å². The Bertz CT molecular complexity index is 267. The molecule has 0 aliphatic carbocycles. The number of aryl methyl sites for hydroxylation is 2. The summed E-state index contributed by atoms with van der Waals surface area (Å²) in [4.78, 5) is 15.4. The molecule has 0 aliphatic rings. The smallest absolute Gasteiger partial charge is 0.228 e. The Balaban J connectivity index is 3.15. The Morgan fingerprint density at radius 1 is 1.60 bits per heavy atom. The Morgan fingerprint density at radius 2 is 2.20 bits per heavy atom. The van der Waals surface area contributed by atoms with Crippen LogP contribution in [0.1, 0.15) is 20.4 Å². The molecule has 0 spiro atoms. The van der Waals surface area contributed by atoms with E-state index in [-0.39, 0.29) is 5.12 Å². The summed E-state index contributed by atoms with van der Waals surface area (Å²) in [5, 5.41) is 0.720. The van der Waals surface area contributed by atoms with Crippen molar-refractivity contribution in [1.29, 1.82) is 0 Å². The van der Waals surface area contributed by atoms with Crippen molar-refractivity contribution >= 4 is 29.1 Å². The van der Waals surface area contributed by atoms with Gasteiger partial charge in [-0.3, -0.25) is 4.79 Å². The number of carbonyl (C=O) groups excluding carboxylic acids is 1. The van der Waals surface area contributed by atoms with Gasteiger partial charge in [0.1, 0.15) is 4.88 Å². The van der Waals surface area contributed by atoms with Crippen molar-refractivity contribution < 1.29 is 4.79 Å². The fraction of sp³-hybridized carbons (Fsp3) is 0.333. The standard InChI is InChI=1S/C6H7NOS2/c1-3-5(6(8)9)10-4(2)7-3/h1-2H3,(H,8,9). The first kappa shape index (κ1) is 7.75. The number of aromatic nitrogens is 1. The summed E-state index contributed by atoms with van der Waals surface area (Å²) in [5.41, 5.74) is 0.780. The van der Waals surface area contributed by atoms with E-state index in [1.54, 1.807) is 0 Å². The first-order chi connectivity index (χ1) is 4.61. The zero-order chi connectivity index (χ0) is 7.72.